The van der Waals surface area contributed by atoms with E-state index in [-0.39, 0.29) is 18.6 Å². The molecule has 2 aliphatic rings. The van der Waals surface area contributed by atoms with Gasteiger partial charge in [0.1, 0.15) is 25.1 Å². The molecule has 0 radical (unpaired) electrons. The smallest absolute Gasteiger partial charge is 0.334 e. The minimum absolute atomic E-state index is 0.0275. The maximum Gasteiger partial charge on any atom is 0.334 e. The van der Waals surface area contributed by atoms with Crippen molar-refractivity contribution in [3.63, 3.8) is 0 Å². The van der Waals surface area contributed by atoms with Gasteiger partial charge in [-0.05, 0) is 43.9 Å². The second-order valence-electron chi connectivity index (χ2n) is 7.08. The summed E-state index contributed by atoms with van der Waals surface area (Å²) in [5.41, 5.74) is 1.88. The van der Waals surface area contributed by atoms with E-state index in [4.69, 9.17) is 14.2 Å². The van der Waals surface area contributed by atoms with Crippen LogP contribution < -0.4 is 0 Å². The number of hydrogen-bond acceptors (Lipinski definition) is 7. The molecule has 2 rings (SSSR count). The molecule has 1 fully saturated rings. The summed E-state index contributed by atoms with van der Waals surface area (Å²) >= 11 is 0. The number of ether oxygens (including phenoxy) is 3. The van der Waals surface area contributed by atoms with Gasteiger partial charge in [0.05, 0.1) is 5.92 Å². The van der Waals surface area contributed by atoms with Crippen LogP contribution in [-0.2, 0) is 33.4 Å². The van der Waals surface area contributed by atoms with Crippen molar-refractivity contribution in [3.05, 3.63) is 47.1 Å². The van der Waals surface area contributed by atoms with Gasteiger partial charge in [-0.15, -0.1) is 0 Å². The fourth-order valence-electron chi connectivity index (χ4n) is 3.32. The van der Waals surface area contributed by atoms with Gasteiger partial charge in [0.15, 0.2) is 0 Å². The Bertz CT molecular complexity index is 800. The highest BCUT2D eigenvalue weighted by molar-refractivity contribution is 5.91. The zero-order valence-electron chi connectivity index (χ0n) is 16.9. The van der Waals surface area contributed by atoms with E-state index < -0.39 is 36.0 Å². The van der Waals surface area contributed by atoms with E-state index in [0.29, 0.717) is 30.3 Å². The van der Waals surface area contributed by atoms with Crippen molar-refractivity contribution in [1.29, 1.82) is 0 Å². The van der Waals surface area contributed by atoms with E-state index in [1.807, 2.05) is 0 Å². The summed E-state index contributed by atoms with van der Waals surface area (Å²) < 4.78 is 16.2. The summed E-state index contributed by atoms with van der Waals surface area (Å²) in [6.07, 6.45) is 5.59. The minimum atomic E-state index is -0.767. The zero-order valence-corrected chi connectivity index (χ0v) is 16.9. The van der Waals surface area contributed by atoms with Crippen LogP contribution >= 0.6 is 0 Å². The molecular formula is C22H26O7. The second kappa shape index (κ2) is 10.0. The monoisotopic (exact) mass is 402 g/mol. The molecule has 3 atom stereocenters. The topological polar surface area (TPSA) is 96.0 Å². The molecule has 0 bridgehead atoms. The summed E-state index contributed by atoms with van der Waals surface area (Å²) in [5.74, 6) is -2.17. The van der Waals surface area contributed by atoms with Gasteiger partial charge in [-0.3, -0.25) is 9.59 Å². The van der Waals surface area contributed by atoms with Crippen molar-refractivity contribution in [1.82, 2.24) is 0 Å². The predicted molar refractivity (Wildman–Crippen MR) is 105 cm³/mol. The number of fused-ring (bicyclic) bond motifs is 1. The SMILES string of the molecule is C=C1C(=O)OC2C=C(COC(=O)C(C)=CC)CCC=C(C=O)CC(OC(C)=O)C12. The lowest BCUT2D eigenvalue weighted by molar-refractivity contribution is -0.149. The number of hydrogen-bond donors (Lipinski definition) is 0. The molecule has 1 saturated heterocycles. The minimum Gasteiger partial charge on any atom is -0.461 e. The number of allylic oxidation sites excluding steroid dienone is 2. The average Bonchev–Trinajstić information content (AvgIpc) is 2.96. The number of aldehydes is 1. The van der Waals surface area contributed by atoms with E-state index in [1.165, 1.54) is 6.92 Å². The summed E-state index contributed by atoms with van der Waals surface area (Å²) in [6, 6.07) is 0. The van der Waals surface area contributed by atoms with Crippen LogP contribution in [0.25, 0.3) is 0 Å². The van der Waals surface area contributed by atoms with E-state index in [2.05, 4.69) is 6.58 Å². The molecule has 1 aliphatic carbocycles. The molecule has 7 heteroatoms. The first-order valence-corrected chi connectivity index (χ1v) is 9.47. The van der Waals surface area contributed by atoms with E-state index in [1.54, 1.807) is 32.1 Å². The molecule has 0 amide bonds. The van der Waals surface area contributed by atoms with Crippen LogP contribution in [-0.4, -0.2) is 43.0 Å². The summed E-state index contributed by atoms with van der Waals surface area (Å²) in [6.45, 7) is 8.49. The van der Waals surface area contributed by atoms with Gasteiger partial charge in [0.2, 0.25) is 0 Å². The normalized spacial score (nSPS) is 25.2. The van der Waals surface area contributed by atoms with Crippen molar-refractivity contribution < 1.29 is 33.4 Å². The number of carbonyl (C=O) groups excluding carboxylic acids is 4. The Balaban J connectivity index is 2.36. The van der Waals surface area contributed by atoms with Crippen LogP contribution in [0.2, 0.25) is 0 Å². The summed E-state index contributed by atoms with van der Waals surface area (Å²) in [4.78, 5) is 47.2. The third-order valence-corrected chi connectivity index (χ3v) is 4.98. The third-order valence-electron chi connectivity index (χ3n) is 4.98. The Kier molecular flexibility index (Phi) is 7.70. The van der Waals surface area contributed by atoms with Crippen LogP contribution in [0.4, 0.5) is 0 Å². The van der Waals surface area contributed by atoms with E-state index in [9.17, 15) is 19.2 Å². The van der Waals surface area contributed by atoms with Gasteiger partial charge in [0, 0.05) is 24.5 Å². The molecule has 1 aliphatic heterocycles. The fourth-order valence-corrected chi connectivity index (χ4v) is 3.32. The Morgan fingerprint density at radius 3 is 2.69 bits per heavy atom. The molecule has 0 aromatic carbocycles. The highest BCUT2D eigenvalue weighted by Crippen LogP contribution is 2.36. The first-order chi connectivity index (χ1) is 13.8. The van der Waals surface area contributed by atoms with Crippen LogP contribution in [0.1, 0.15) is 40.0 Å². The second-order valence-corrected chi connectivity index (χ2v) is 7.08. The van der Waals surface area contributed by atoms with Gasteiger partial charge in [-0.2, -0.15) is 0 Å². The van der Waals surface area contributed by atoms with Gasteiger partial charge >= 0.3 is 17.9 Å². The number of carbonyl (C=O) groups is 4. The Labute approximate surface area is 170 Å². The number of esters is 3. The standard InChI is InChI=1S/C22H26O7/c1-5-13(2)21(25)27-12-17-8-6-7-16(11-23)9-18(28-15(4)24)20-14(3)22(26)29-19(20)10-17/h5,7,10-11,18-20H,3,6,8-9,12H2,1-2,4H3. The number of rotatable bonds is 5. The van der Waals surface area contributed by atoms with Gasteiger partial charge < -0.3 is 14.2 Å². The van der Waals surface area contributed by atoms with Crippen LogP contribution in [0.15, 0.2) is 47.1 Å². The average molecular weight is 402 g/mol. The first kappa shape index (κ1) is 22.3. The highest BCUT2D eigenvalue weighted by atomic mass is 16.6. The van der Waals surface area contributed by atoms with Crippen LogP contribution in [0.5, 0.6) is 0 Å². The summed E-state index contributed by atoms with van der Waals surface area (Å²) in [5, 5.41) is 0. The molecule has 0 aromatic heterocycles. The molecule has 0 aromatic rings. The summed E-state index contributed by atoms with van der Waals surface area (Å²) in [7, 11) is 0. The lowest BCUT2D eigenvalue weighted by Crippen LogP contribution is -2.33. The maximum absolute atomic E-state index is 12.2. The lowest BCUT2D eigenvalue weighted by Gasteiger charge is -2.26. The Hall–Kier alpha value is -2.96. The van der Waals surface area contributed by atoms with Crippen molar-refractivity contribution in [2.75, 3.05) is 6.61 Å². The highest BCUT2D eigenvalue weighted by Gasteiger charge is 2.44. The van der Waals surface area contributed by atoms with Crippen molar-refractivity contribution in [2.24, 2.45) is 5.92 Å². The largest absolute Gasteiger partial charge is 0.461 e. The molecule has 1 heterocycles. The van der Waals surface area contributed by atoms with Crippen LogP contribution in [0, 0.1) is 5.92 Å². The quantitative estimate of drug-likeness (QED) is 0.229. The van der Waals surface area contributed by atoms with Gasteiger partial charge in [-0.1, -0.05) is 18.7 Å². The van der Waals surface area contributed by atoms with Crippen molar-refractivity contribution >= 4 is 24.2 Å². The Morgan fingerprint density at radius 2 is 2.07 bits per heavy atom. The molecule has 0 N–H and O–H groups in total. The lowest BCUT2D eigenvalue weighted by atomic mass is 9.85. The van der Waals surface area contributed by atoms with Gasteiger partial charge in [-0.25, -0.2) is 9.59 Å². The zero-order chi connectivity index (χ0) is 21.6. The van der Waals surface area contributed by atoms with Gasteiger partial charge in [0.25, 0.3) is 0 Å². The molecule has 7 nitrogen and oxygen atoms in total. The molecule has 3 unspecified atom stereocenters. The predicted octanol–water partition coefficient (Wildman–Crippen LogP) is 2.76. The first-order valence-electron chi connectivity index (χ1n) is 9.47. The maximum atomic E-state index is 12.2. The van der Waals surface area contributed by atoms with Crippen molar-refractivity contribution in [2.45, 2.75) is 52.2 Å². The molecular weight excluding hydrogens is 376 g/mol. The Morgan fingerprint density at radius 1 is 1.34 bits per heavy atom. The van der Waals surface area contributed by atoms with E-state index in [0.717, 1.165) is 5.57 Å². The molecule has 156 valence electrons. The van der Waals surface area contributed by atoms with E-state index >= 15 is 0 Å². The molecule has 0 saturated carbocycles. The van der Waals surface area contributed by atoms with Crippen molar-refractivity contribution in [3.8, 4) is 0 Å². The molecule has 0 spiro atoms. The van der Waals surface area contributed by atoms with Crippen LogP contribution in [0.3, 0.4) is 0 Å². The fraction of sp³-hybridized carbons (Fsp3) is 0.455. The third kappa shape index (κ3) is 5.76. The molecule has 29 heavy (non-hydrogen) atoms.